The third-order valence-corrected chi connectivity index (χ3v) is 11.5. The molecular weight excluding hydrogens is 529 g/mol. The van der Waals surface area contributed by atoms with E-state index >= 15 is 0 Å². The lowest BCUT2D eigenvalue weighted by atomic mass is 9.91. The minimum atomic E-state index is -4.11. The van der Waals surface area contributed by atoms with Crippen LogP contribution in [0.15, 0.2) is 66.7 Å². The third kappa shape index (κ3) is 6.60. The number of benzene rings is 3. The van der Waals surface area contributed by atoms with Crippen LogP contribution in [0.5, 0.6) is 0 Å². The average Bonchev–Trinajstić information content (AvgIpc) is 2.93. The summed E-state index contributed by atoms with van der Waals surface area (Å²) in [6, 6.07) is 20.1. The van der Waals surface area contributed by atoms with E-state index in [9.17, 15) is 22.3 Å². The highest BCUT2D eigenvalue weighted by Gasteiger charge is 2.38. The SMILES string of the molecule is Cc1cc(C)c(C(=O)P(=O)(c2ccccc2)c2ccccc2)c(C)c1CN(CCS(=O)(=O)O)C1CCCCC1. The largest absolute Gasteiger partial charge is 0.305 e. The molecule has 0 unspecified atom stereocenters. The Morgan fingerprint density at radius 2 is 1.44 bits per heavy atom. The van der Waals surface area contributed by atoms with Gasteiger partial charge in [0.05, 0.1) is 5.75 Å². The lowest BCUT2D eigenvalue weighted by Gasteiger charge is -2.35. The fourth-order valence-electron chi connectivity index (χ4n) is 5.89. The van der Waals surface area contributed by atoms with E-state index in [4.69, 9.17) is 0 Å². The van der Waals surface area contributed by atoms with Crippen LogP contribution >= 0.6 is 7.14 Å². The molecule has 0 atom stereocenters. The normalized spacial score (nSPS) is 15.0. The standard InChI is InChI=1S/C31H38NO5PS/c1-23-21-24(2)30(31(33)38(34,27-15-9-5-10-16-27)28-17-11-6-12-18-28)25(3)29(23)22-32(19-20-39(35,36)37)26-13-7-4-8-14-26/h5-6,9-12,15-18,21,26H,4,7-8,13-14,19-20,22H2,1-3H3,(H,35,36,37). The van der Waals surface area contributed by atoms with Gasteiger partial charge in [-0.15, -0.1) is 0 Å². The zero-order valence-electron chi connectivity index (χ0n) is 23.0. The first kappa shape index (κ1) is 29.4. The molecule has 208 valence electrons. The van der Waals surface area contributed by atoms with Crippen molar-refractivity contribution in [3.63, 3.8) is 0 Å². The van der Waals surface area contributed by atoms with Gasteiger partial charge in [0, 0.05) is 35.3 Å². The van der Waals surface area contributed by atoms with Gasteiger partial charge in [-0.25, -0.2) is 0 Å². The van der Waals surface area contributed by atoms with E-state index in [0.717, 1.165) is 54.4 Å². The second-order valence-corrected chi connectivity index (χ2v) is 14.9. The van der Waals surface area contributed by atoms with E-state index < -0.39 is 22.8 Å². The lowest BCUT2D eigenvalue weighted by molar-refractivity contribution is 0.107. The number of carbonyl (C=O) groups is 1. The first-order valence-electron chi connectivity index (χ1n) is 13.6. The van der Waals surface area contributed by atoms with Crippen molar-refractivity contribution in [2.75, 3.05) is 12.3 Å². The van der Waals surface area contributed by atoms with Gasteiger partial charge < -0.3 is 4.57 Å². The number of aryl methyl sites for hydroxylation is 2. The van der Waals surface area contributed by atoms with Crippen LogP contribution in [0.2, 0.25) is 0 Å². The maximum Gasteiger partial charge on any atom is 0.266 e. The minimum Gasteiger partial charge on any atom is -0.305 e. The molecule has 1 aliphatic rings. The highest BCUT2D eigenvalue weighted by molar-refractivity contribution is 7.93. The van der Waals surface area contributed by atoms with Gasteiger partial charge in [-0.1, -0.05) is 86.0 Å². The molecule has 0 aliphatic heterocycles. The smallest absolute Gasteiger partial charge is 0.266 e. The van der Waals surface area contributed by atoms with Crippen LogP contribution in [0, 0.1) is 20.8 Å². The Hall–Kier alpha value is -2.57. The second-order valence-electron chi connectivity index (χ2n) is 10.6. The summed E-state index contributed by atoms with van der Waals surface area (Å²) in [6.07, 6.45) is 5.27. The van der Waals surface area contributed by atoms with Crippen LogP contribution in [0.25, 0.3) is 0 Å². The van der Waals surface area contributed by atoms with Gasteiger partial charge in [0.1, 0.15) is 0 Å². The molecule has 0 saturated heterocycles. The third-order valence-electron chi connectivity index (χ3n) is 7.96. The summed E-state index contributed by atoms with van der Waals surface area (Å²) >= 11 is 0. The van der Waals surface area contributed by atoms with Crippen molar-refractivity contribution in [1.29, 1.82) is 0 Å². The molecule has 3 aromatic carbocycles. The molecule has 1 saturated carbocycles. The molecule has 0 spiro atoms. The van der Waals surface area contributed by atoms with Crippen LogP contribution in [-0.4, -0.2) is 41.7 Å². The van der Waals surface area contributed by atoms with Crippen LogP contribution in [0.3, 0.4) is 0 Å². The predicted molar refractivity (Wildman–Crippen MR) is 158 cm³/mol. The van der Waals surface area contributed by atoms with Crippen LogP contribution in [0.1, 0.15) is 64.7 Å². The molecule has 0 aromatic heterocycles. The fraction of sp³-hybridized carbons (Fsp3) is 0.387. The van der Waals surface area contributed by atoms with Gasteiger partial charge in [-0.2, -0.15) is 8.42 Å². The summed E-state index contributed by atoms with van der Waals surface area (Å²) in [7, 11) is -7.80. The van der Waals surface area contributed by atoms with Crippen molar-refractivity contribution in [1.82, 2.24) is 4.90 Å². The predicted octanol–water partition coefficient (Wildman–Crippen LogP) is 5.79. The Labute approximate surface area is 232 Å². The number of nitrogens with zero attached hydrogens (tertiary/aromatic N) is 1. The summed E-state index contributed by atoms with van der Waals surface area (Å²) in [5.41, 5.74) is 3.56. The molecule has 0 heterocycles. The molecule has 1 N–H and O–H groups in total. The Bertz CT molecular complexity index is 1420. The monoisotopic (exact) mass is 567 g/mol. The topological polar surface area (TPSA) is 91.8 Å². The van der Waals surface area contributed by atoms with E-state index in [1.807, 2.05) is 39.0 Å². The molecule has 39 heavy (non-hydrogen) atoms. The summed E-state index contributed by atoms with van der Waals surface area (Å²) < 4.78 is 47.6. The Balaban J connectivity index is 1.80. The number of hydrogen-bond donors (Lipinski definition) is 1. The van der Waals surface area contributed by atoms with Gasteiger partial charge in [0.25, 0.3) is 10.1 Å². The number of hydrogen-bond acceptors (Lipinski definition) is 5. The zero-order chi connectivity index (χ0) is 28.2. The number of carbonyl (C=O) groups excluding carboxylic acids is 1. The van der Waals surface area contributed by atoms with Gasteiger partial charge >= 0.3 is 0 Å². The minimum absolute atomic E-state index is 0.208. The summed E-state index contributed by atoms with van der Waals surface area (Å²) in [6.45, 7) is 6.46. The Morgan fingerprint density at radius 3 is 1.95 bits per heavy atom. The molecule has 0 amide bonds. The van der Waals surface area contributed by atoms with Crippen molar-refractivity contribution in [3.05, 3.63) is 94.5 Å². The molecule has 0 radical (unpaired) electrons. The van der Waals surface area contributed by atoms with E-state index in [2.05, 4.69) is 4.90 Å². The zero-order valence-corrected chi connectivity index (χ0v) is 24.7. The van der Waals surface area contributed by atoms with Crippen molar-refractivity contribution < 1.29 is 22.3 Å². The number of rotatable bonds is 10. The van der Waals surface area contributed by atoms with Crippen molar-refractivity contribution in [2.24, 2.45) is 0 Å². The molecule has 3 aromatic rings. The van der Waals surface area contributed by atoms with Crippen molar-refractivity contribution >= 4 is 33.4 Å². The first-order chi connectivity index (χ1) is 18.5. The highest BCUT2D eigenvalue weighted by Crippen LogP contribution is 2.48. The van der Waals surface area contributed by atoms with E-state index in [1.54, 1.807) is 48.5 Å². The Kier molecular flexibility index (Phi) is 9.28. The molecular formula is C31H38NO5PS. The van der Waals surface area contributed by atoms with E-state index in [-0.39, 0.29) is 18.3 Å². The van der Waals surface area contributed by atoms with Crippen molar-refractivity contribution in [2.45, 2.75) is 65.5 Å². The lowest BCUT2D eigenvalue weighted by Crippen LogP contribution is -2.39. The first-order valence-corrected chi connectivity index (χ1v) is 16.9. The van der Waals surface area contributed by atoms with E-state index in [1.165, 1.54) is 0 Å². The molecule has 0 bridgehead atoms. The average molecular weight is 568 g/mol. The van der Waals surface area contributed by atoms with E-state index in [0.29, 0.717) is 22.7 Å². The quantitative estimate of drug-likeness (QED) is 0.246. The molecule has 6 nitrogen and oxygen atoms in total. The second kappa shape index (κ2) is 12.3. The van der Waals surface area contributed by atoms with Gasteiger partial charge in [0.2, 0.25) is 12.7 Å². The van der Waals surface area contributed by atoms with Crippen LogP contribution in [-0.2, 0) is 21.2 Å². The summed E-state index contributed by atoms with van der Waals surface area (Å²) in [5, 5.41) is 0.998. The molecule has 1 fully saturated rings. The molecule has 8 heteroatoms. The van der Waals surface area contributed by atoms with Crippen LogP contribution < -0.4 is 10.6 Å². The van der Waals surface area contributed by atoms with Gasteiger partial charge in [-0.05, 0) is 55.9 Å². The summed E-state index contributed by atoms with van der Waals surface area (Å²) in [4.78, 5) is 16.6. The maximum atomic E-state index is 14.8. The van der Waals surface area contributed by atoms with Gasteiger partial charge in [-0.3, -0.25) is 14.2 Å². The van der Waals surface area contributed by atoms with Crippen LogP contribution in [0.4, 0.5) is 0 Å². The maximum absolute atomic E-state index is 14.8. The molecule has 1 aliphatic carbocycles. The van der Waals surface area contributed by atoms with Gasteiger partial charge in [0.15, 0.2) is 0 Å². The Morgan fingerprint density at radius 1 is 0.897 bits per heavy atom. The van der Waals surface area contributed by atoms with Crippen molar-refractivity contribution in [3.8, 4) is 0 Å². The fourth-order valence-corrected chi connectivity index (χ4v) is 8.96. The molecule has 4 rings (SSSR count). The highest BCUT2D eigenvalue weighted by atomic mass is 32.2. The summed E-state index contributed by atoms with van der Waals surface area (Å²) in [5.74, 6) is -0.337.